The summed E-state index contributed by atoms with van der Waals surface area (Å²) in [4.78, 5) is 37.6. The van der Waals surface area contributed by atoms with E-state index < -0.39 is 6.04 Å². The zero-order chi connectivity index (χ0) is 16.9. The van der Waals surface area contributed by atoms with Crippen LogP contribution in [0.1, 0.15) is 17.5 Å². The molecule has 4 nitrogen and oxygen atoms in total. The average molecular weight is 321 g/mol. The molecule has 3 rings (SSSR count). The molecule has 0 spiro atoms. The Hall–Kier alpha value is -2.75. The number of nitrogens with zero attached hydrogens (tertiary/aromatic N) is 1. The van der Waals surface area contributed by atoms with Gasteiger partial charge in [0.15, 0.2) is 0 Å². The van der Waals surface area contributed by atoms with Crippen molar-refractivity contribution in [3.05, 3.63) is 71.8 Å². The summed E-state index contributed by atoms with van der Waals surface area (Å²) in [6.07, 6.45) is 1.76. The zero-order valence-corrected chi connectivity index (χ0v) is 13.3. The minimum absolute atomic E-state index is 0.173. The zero-order valence-electron chi connectivity index (χ0n) is 13.3. The first-order chi connectivity index (χ1) is 11.7. The van der Waals surface area contributed by atoms with Crippen molar-refractivity contribution >= 4 is 18.1 Å². The summed E-state index contributed by atoms with van der Waals surface area (Å²) in [7, 11) is 0. The Morgan fingerprint density at radius 1 is 0.958 bits per heavy atom. The lowest BCUT2D eigenvalue weighted by atomic mass is 9.98. The van der Waals surface area contributed by atoms with Crippen molar-refractivity contribution in [2.75, 3.05) is 0 Å². The molecule has 2 unspecified atom stereocenters. The van der Waals surface area contributed by atoms with Crippen LogP contribution >= 0.6 is 0 Å². The van der Waals surface area contributed by atoms with Gasteiger partial charge < -0.3 is 4.79 Å². The van der Waals surface area contributed by atoms with Crippen LogP contribution in [0.2, 0.25) is 0 Å². The molecule has 1 aliphatic heterocycles. The fourth-order valence-electron chi connectivity index (χ4n) is 3.18. The predicted octanol–water partition coefficient (Wildman–Crippen LogP) is 2.41. The highest BCUT2D eigenvalue weighted by molar-refractivity contribution is 6.05. The van der Waals surface area contributed by atoms with E-state index in [1.54, 1.807) is 0 Å². The highest BCUT2D eigenvalue weighted by Gasteiger charge is 2.42. The first kappa shape index (κ1) is 16.1. The maximum atomic E-state index is 12.7. The van der Waals surface area contributed by atoms with Gasteiger partial charge in [0.1, 0.15) is 6.29 Å². The molecule has 0 radical (unpaired) electrons. The molecule has 0 bridgehead atoms. The molecule has 1 heterocycles. The number of carbonyl (C=O) groups excluding carboxylic acids is 3. The molecule has 1 fully saturated rings. The monoisotopic (exact) mass is 321 g/mol. The van der Waals surface area contributed by atoms with Gasteiger partial charge in [0.05, 0.1) is 12.0 Å². The summed E-state index contributed by atoms with van der Waals surface area (Å²) in [5, 5.41) is 0. The molecule has 2 aromatic rings. The van der Waals surface area contributed by atoms with Crippen molar-refractivity contribution < 1.29 is 14.4 Å². The van der Waals surface area contributed by atoms with Crippen molar-refractivity contribution in [3.8, 4) is 0 Å². The molecule has 0 aliphatic carbocycles. The fraction of sp³-hybridized carbons (Fsp3) is 0.250. The number of rotatable bonds is 6. The molecule has 2 atom stereocenters. The number of hydrogen-bond acceptors (Lipinski definition) is 3. The molecule has 24 heavy (non-hydrogen) atoms. The Bertz CT molecular complexity index is 727. The number of carbonyl (C=O) groups is 3. The molecule has 122 valence electrons. The summed E-state index contributed by atoms with van der Waals surface area (Å²) in [6, 6.07) is 18.3. The second-order valence-electron chi connectivity index (χ2n) is 6.09. The van der Waals surface area contributed by atoms with Crippen LogP contribution in [-0.2, 0) is 27.2 Å². The fourth-order valence-corrected chi connectivity index (χ4v) is 3.18. The Morgan fingerprint density at radius 2 is 1.54 bits per heavy atom. The van der Waals surface area contributed by atoms with Crippen molar-refractivity contribution in [1.82, 2.24) is 4.90 Å². The largest absolute Gasteiger partial charge is 0.301 e. The van der Waals surface area contributed by atoms with Gasteiger partial charge in [-0.05, 0) is 17.5 Å². The van der Waals surface area contributed by atoms with Gasteiger partial charge in [0, 0.05) is 12.8 Å². The normalized spacial score (nSPS) is 18.7. The van der Waals surface area contributed by atoms with E-state index in [0.29, 0.717) is 19.1 Å². The Labute approximate surface area is 141 Å². The Balaban J connectivity index is 1.74. The average Bonchev–Trinajstić information content (AvgIpc) is 2.88. The third-order valence-electron chi connectivity index (χ3n) is 4.38. The number of imide groups is 1. The molecule has 0 N–H and O–H groups in total. The van der Waals surface area contributed by atoms with E-state index in [-0.39, 0.29) is 24.2 Å². The third kappa shape index (κ3) is 3.43. The first-order valence-corrected chi connectivity index (χ1v) is 8.08. The van der Waals surface area contributed by atoms with Gasteiger partial charge in [-0.15, -0.1) is 0 Å². The van der Waals surface area contributed by atoms with Crippen LogP contribution < -0.4 is 0 Å². The van der Waals surface area contributed by atoms with Crippen molar-refractivity contribution in [2.24, 2.45) is 5.92 Å². The SMILES string of the molecule is O=CC(Cc1ccccc1)N1C(=O)CC(Cc2ccccc2)C1=O. The van der Waals surface area contributed by atoms with Crippen LogP contribution in [0.4, 0.5) is 0 Å². The maximum Gasteiger partial charge on any atom is 0.233 e. The molecule has 1 aliphatic rings. The van der Waals surface area contributed by atoms with E-state index in [2.05, 4.69) is 0 Å². The van der Waals surface area contributed by atoms with Gasteiger partial charge >= 0.3 is 0 Å². The van der Waals surface area contributed by atoms with Gasteiger partial charge in [0.25, 0.3) is 0 Å². The van der Waals surface area contributed by atoms with Crippen molar-refractivity contribution in [2.45, 2.75) is 25.3 Å². The molecule has 1 saturated heterocycles. The topological polar surface area (TPSA) is 54.5 Å². The van der Waals surface area contributed by atoms with Gasteiger partial charge in [-0.3, -0.25) is 14.5 Å². The second kappa shape index (κ2) is 7.21. The van der Waals surface area contributed by atoms with Crippen LogP contribution in [0.15, 0.2) is 60.7 Å². The first-order valence-electron chi connectivity index (χ1n) is 8.08. The number of benzene rings is 2. The molecular formula is C20H19NO3. The smallest absolute Gasteiger partial charge is 0.233 e. The summed E-state index contributed by atoms with van der Waals surface area (Å²) < 4.78 is 0. The van der Waals surface area contributed by atoms with Crippen LogP contribution in [0, 0.1) is 5.92 Å². The lowest BCUT2D eigenvalue weighted by Gasteiger charge is -2.22. The highest BCUT2D eigenvalue weighted by Crippen LogP contribution is 2.26. The summed E-state index contributed by atoms with van der Waals surface area (Å²) in [5.74, 6) is -0.871. The van der Waals surface area contributed by atoms with E-state index >= 15 is 0 Å². The maximum absolute atomic E-state index is 12.7. The van der Waals surface area contributed by atoms with E-state index in [1.807, 2.05) is 60.7 Å². The molecule has 2 aromatic carbocycles. The Morgan fingerprint density at radius 3 is 2.12 bits per heavy atom. The Kier molecular flexibility index (Phi) is 4.85. The molecule has 4 heteroatoms. The molecular weight excluding hydrogens is 302 g/mol. The number of hydrogen-bond donors (Lipinski definition) is 0. The van der Waals surface area contributed by atoms with Crippen LogP contribution in [0.3, 0.4) is 0 Å². The quantitative estimate of drug-likeness (QED) is 0.606. The lowest BCUT2D eigenvalue weighted by Crippen LogP contribution is -2.42. The minimum atomic E-state index is -0.729. The summed E-state index contributed by atoms with van der Waals surface area (Å²) in [6.45, 7) is 0. The predicted molar refractivity (Wildman–Crippen MR) is 90.1 cm³/mol. The molecule has 0 saturated carbocycles. The van der Waals surface area contributed by atoms with Crippen LogP contribution in [-0.4, -0.2) is 29.0 Å². The summed E-state index contributed by atoms with van der Waals surface area (Å²) >= 11 is 0. The van der Waals surface area contributed by atoms with E-state index in [1.165, 1.54) is 0 Å². The second-order valence-corrected chi connectivity index (χ2v) is 6.09. The van der Waals surface area contributed by atoms with Gasteiger partial charge in [-0.25, -0.2) is 0 Å². The van der Waals surface area contributed by atoms with Crippen molar-refractivity contribution in [1.29, 1.82) is 0 Å². The molecule has 2 amide bonds. The number of likely N-dealkylation sites (tertiary alicyclic amines) is 1. The summed E-state index contributed by atoms with van der Waals surface area (Å²) in [5.41, 5.74) is 1.96. The van der Waals surface area contributed by atoms with Crippen LogP contribution in [0.5, 0.6) is 0 Å². The van der Waals surface area contributed by atoms with Gasteiger partial charge in [-0.1, -0.05) is 60.7 Å². The number of amides is 2. The number of aldehydes is 1. The minimum Gasteiger partial charge on any atom is -0.301 e. The van der Waals surface area contributed by atoms with E-state index in [0.717, 1.165) is 16.0 Å². The van der Waals surface area contributed by atoms with Crippen LogP contribution in [0.25, 0.3) is 0 Å². The standard InChI is InChI=1S/C20H19NO3/c22-14-18(12-16-9-5-2-6-10-16)21-19(23)13-17(20(21)24)11-15-7-3-1-4-8-15/h1-10,14,17-18H,11-13H2. The van der Waals surface area contributed by atoms with Crippen molar-refractivity contribution in [3.63, 3.8) is 0 Å². The van der Waals surface area contributed by atoms with E-state index in [9.17, 15) is 14.4 Å². The third-order valence-corrected chi connectivity index (χ3v) is 4.38. The lowest BCUT2D eigenvalue weighted by molar-refractivity contribution is -0.144. The highest BCUT2D eigenvalue weighted by atomic mass is 16.2. The van der Waals surface area contributed by atoms with Gasteiger partial charge in [0.2, 0.25) is 11.8 Å². The molecule has 0 aromatic heterocycles. The van der Waals surface area contributed by atoms with Gasteiger partial charge in [-0.2, -0.15) is 0 Å². The van der Waals surface area contributed by atoms with E-state index in [4.69, 9.17) is 0 Å².